The van der Waals surface area contributed by atoms with Crippen molar-refractivity contribution in [2.24, 2.45) is 0 Å². The molecule has 0 radical (unpaired) electrons. The molecule has 7 nitrogen and oxygen atoms in total. The first-order valence-electron chi connectivity index (χ1n) is 9.19. The molecular formula is C20H20ClN5O2. The molecule has 144 valence electrons. The number of aliphatic hydroxyl groups excluding tert-OH is 1. The lowest BCUT2D eigenvalue weighted by atomic mass is 9.89. The van der Waals surface area contributed by atoms with Gasteiger partial charge in [-0.3, -0.25) is 4.79 Å². The van der Waals surface area contributed by atoms with Crippen LogP contribution >= 0.6 is 11.6 Å². The Kier molecular flexibility index (Phi) is 5.47. The Morgan fingerprint density at radius 1 is 1.21 bits per heavy atom. The fourth-order valence-corrected chi connectivity index (χ4v) is 3.79. The van der Waals surface area contributed by atoms with Crippen LogP contribution in [0.15, 0.2) is 42.9 Å². The number of benzene rings is 1. The van der Waals surface area contributed by atoms with E-state index in [2.05, 4.69) is 20.4 Å². The number of carbonyl (C=O) groups is 1. The molecule has 1 aliphatic heterocycles. The van der Waals surface area contributed by atoms with Crippen LogP contribution < -0.4 is 5.32 Å². The fraction of sp³-hybridized carbons (Fsp3) is 0.300. The number of hydrogen-bond acceptors (Lipinski definition) is 6. The van der Waals surface area contributed by atoms with Gasteiger partial charge in [0.05, 0.1) is 17.0 Å². The quantitative estimate of drug-likeness (QED) is 0.703. The van der Waals surface area contributed by atoms with Crippen molar-refractivity contribution in [1.29, 1.82) is 0 Å². The zero-order valence-corrected chi connectivity index (χ0v) is 15.9. The summed E-state index contributed by atoms with van der Waals surface area (Å²) in [5.74, 6) is -0.320. The summed E-state index contributed by atoms with van der Waals surface area (Å²) in [7, 11) is 0. The number of halogens is 1. The van der Waals surface area contributed by atoms with Gasteiger partial charge in [-0.05, 0) is 44.1 Å². The lowest BCUT2D eigenvalue weighted by Crippen LogP contribution is -2.29. The van der Waals surface area contributed by atoms with Crippen LogP contribution in [0.2, 0.25) is 5.02 Å². The molecule has 1 aromatic carbocycles. The van der Waals surface area contributed by atoms with E-state index >= 15 is 0 Å². The predicted octanol–water partition coefficient (Wildman–Crippen LogP) is 2.76. The summed E-state index contributed by atoms with van der Waals surface area (Å²) in [6.07, 6.45) is 4.91. The summed E-state index contributed by atoms with van der Waals surface area (Å²) in [6.45, 7) is 1.12. The second-order valence-electron chi connectivity index (χ2n) is 6.70. The number of nitrogens with one attached hydrogen (secondary N) is 1. The maximum absolute atomic E-state index is 12.5. The van der Waals surface area contributed by atoms with E-state index in [1.807, 2.05) is 18.2 Å². The van der Waals surface area contributed by atoms with E-state index in [1.54, 1.807) is 18.3 Å². The third-order valence-corrected chi connectivity index (χ3v) is 5.23. The van der Waals surface area contributed by atoms with Crippen molar-refractivity contribution in [3.8, 4) is 22.5 Å². The van der Waals surface area contributed by atoms with Gasteiger partial charge in [0.15, 0.2) is 0 Å². The van der Waals surface area contributed by atoms with Crippen LogP contribution in [0.1, 0.15) is 29.2 Å². The topological polar surface area (TPSA) is 92.9 Å². The van der Waals surface area contributed by atoms with Gasteiger partial charge in [-0.2, -0.15) is 5.10 Å². The summed E-state index contributed by atoms with van der Waals surface area (Å²) in [5, 5.41) is 18.1. The van der Waals surface area contributed by atoms with Crippen LogP contribution in [0, 0.1) is 0 Å². The van der Waals surface area contributed by atoms with Gasteiger partial charge in [0.2, 0.25) is 0 Å². The summed E-state index contributed by atoms with van der Waals surface area (Å²) in [5.41, 5.74) is 3.77. The number of piperidine rings is 1. The summed E-state index contributed by atoms with van der Waals surface area (Å²) >= 11 is 6.05. The van der Waals surface area contributed by atoms with E-state index in [0.717, 1.165) is 42.8 Å². The molecule has 0 amide bonds. The van der Waals surface area contributed by atoms with Crippen molar-refractivity contribution in [3.63, 3.8) is 0 Å². The Morgan fingerprint density at radius 3 is 2.61 bits per heavy atom. The second kappa shape index (κ2) is 8.18. The fourth-order valence-electron chi connectivity index (χ4n) is 3.66. The van der Waals surface area contributed by atoms with Crippen LogP contribution in [0.4, 0.5) is 0 Å². The van der Waals surface area contributed by atoms with Gasteiger partial charge in [-0.1, -0.05) is 23.7 Å². The molecule has 3 aromatic rings. The SMILES string of the molecule is O=C(CO)n1nc(-c2ccc(Cl)cc2)c(-c2ccncn2)c1C1CCNCC1. The summed E-state index contributed by atoms with van der Waals surface area (Å²) < 4.78 is 1.36. The molecule has 1 saturated heterocycles. The lowest BCUT2D eigenvalue weighted by molar-refractivity contribution is 0.0796. The molecule has 0 aliphatic carbocycles. The zero-order valence-electron chi connectivity index (χ0n) is 15.2. The highest BCUT2D eigenvalue weighted by atomic mass is 35.5. The van der Waals surface area contributed by atoms with E-state index < -0.39 is 12.5 Å². The van der Waals surface area contributed by atoms with Crippen molar-refractivity contribution in [2.45, 2.75) is 18.8 Å². The van der Waals surface area contributed by atoms with Gasteiger partial charge in [0.25, 0.3) is 5.91 Å². The molecule has 4 rings (SSSR count). The van der Waals surface area contributed by atoms with Crippen LogP contribution in [-0.4, -0.2) is 50.5 Å². The molecule has 1 fully saturated rings. The normalized spacial score (nSPS) is 14.9. The van der Waals surface area contributed by atoms with Gasteiger partial charge in [0, 0.05) is 22.7 Å². The van der Waals surface area contributed by atoms with Crippen LogP contribution in [0.3, 0.4) is 0 Å². The molecule has 3 heterocycles. The molecular weight excluding hydrogens is 378 g/mol. The van der Waals surface area contributed by atoms with Crippen molar-refractivity contribution < 1.29 is 9.90 Å². The van der Waals surface area contributed by atoms with E-state index in [9.17, 15) is 9.90 Å². The standard InChI is InChI=1S/C20H20ClN5O2/c21-15-3-1-13(2-4-15)19-18(16-7-10-23-12-24-16)20(14-5-8-22-9-6-14)26(25-19)17(28)11-27/h1-4,7,10,12,14,22,27H,5-6,8-9,11H2. The van der Waals surface area contributed by atoms with Crippen molar-refractivity contribution in [3.05, 3.63) is 53.6 Å². The Morgan fingerprint density at radius 2 is 1.96 bits per heavy atom. The number of nitrogens with zero attached hydrogens (tertiary/aromatic N) is 4. The van der Waals surface area contributed by atoms with Gasteiger partial charge >= 0.3 is 0 Å². The minimum absolute atomic E-state index is 0.135. The van der Waals surface area contributed by atoms with Crippen LogP contribution in [-0.2, 0) is 0 Å². The zero-order chi connectivity index (χ0) is 19.5. The largest absolute Gasteiger partial charge is 0.386 e. The molecule has 0 spiro atoms. The first-order valence-corrected chi connectivity index (χ1v) is 9.57. The average Bonchev–Trinajstić information content (AvgIpc) is 3.15. The number of aliphatic hydroxyl groups is 1. The molecule has 28 heavy (non-hydrogen) atoms. The molecule has 0 atom stereocenters. The molecule has 8 heteroatoms. The van der Waals surface area contributed by atoms with Gasteiger partial charge < -0.3 is 10.4 Å². The van der Waals surface area contributed by atoms with Gasteiger partial charge in [0.1, 0.15) is 18.6 Å². The molecule has 0 bridgehead atoms. The van der Waals surface area contributed by atoms with Gasteiger partial charge in [-0.15, -0.1) is 0 Å². The highest BCUT2D eigenvalue weighted by molar-refractivity contribution is 6.30. The monoisotopic (exact) mass is 397 g/mol. The van der Waals surface area contributed by atoms with Crippen LogP contribution in [0.25, 0.3) is 22.5 Å². The third kappa shape index (κ3) is 3.56. The Labute approximate surface area is 167 Å². The first kappa shape index (κ1) is 18.7. The number of aromatic nitrogens is 4. The van der Waals surface area contributed by atoms with E-state index in [0.29, 0.717) is 16.4 Å². The van der Waals surface area contributed by atoms with E-state index in [-0.39, 0.29) is 5.92 Å². The minimum atomic E-state index is -0.608. The highest BCUT2D eigenvalue weighted by Gasteiger charge is 2.30. The van der Waals surface area contributed by atoms with Crippen molar-refractivity contribution >= 4 is 17.5 Å². The minimum Gasteiger partial charge on any atom is -0.386 e. The van der Waals surface area contributed by atoms with Crippen molar-refractivity contribution in [2.75, 3.05) is 19.7 Å². The summed E-state index contributed by atoms with van der Waals surface area (Å²) in [6, 6.07) is 9.13. The average molecular weight is 398 g/mol. The van der Waals surface area contributed by atoms with E-state index in [4.69, 9.17) is 11.6 Å². The second-order valence-corrected chi connectivity index (χ2v) is 7.13. The Hall–Kier alpha value is -2.61. The lowest BCUT2D eigenvalue weighted by Gasteiger charge is -2.24. The molecule has 2 aromatic heterocycles. The third-order valence-electron chi connectivity index (χ3n) is 4.97. The maximum Gasteiger partial charge on any atom is 0.272 e. The van der Waals surface area contributed by atoms with Gasteiger partial charge in [-0.25, -0.2) is 14.6 Å². The Balaban J connectivity index is 1.98. The number of hydrogen-bond donors (Lipinski definition) is 2. The Bertz CT molecular complexity index is 966. The molecule has 0 unspecified atom stereocenters. The molecule has 0 saturated carbocycles. The van der Waals surface area contributed by atoms with Crippen molar-refractivity contribution in [1.82, 2.24) is 25.1 Å². The number of rotatable bonds is 4. The smallest absolute Gasteiger partial charge is 0.272 e. The number of carbonyl (C=O) groups excluding carboxylic acids is 1. The highest BCUT2D eigenvalue weighted by Crippen LogP contribution is 2.40. The molecule has 2 N–H and O–H groups in total. The predicted molar refractivity (Wildman–Crippen MR) is 106 cm³/mol. The maximum atomic E-state index is 12.5. The first-order chi connectivity index (χ1) is 13.7. The van der Waals surface area contributed by atoms with Crippen LogP contribution in [0.5, 0.6) is 0 Å². The summed E-state index contributed by atoms with van der Waals surface area (Å²) in [4.78, 5) is 21.0. The van der Waals surface area contributed by atoms with E-state index in [1.165, 1.54) is 11.0 Å². The molecule has 1 aliphatic rings.